The highest BCUT2D eigenvalue weighted by molar-refractivity contribution is 8.00. The molecule has 0 spiro atoms. The zero-order chi connectivity index (χ0) is 82.4. The second-order valence-corrected chi connectivity index (χ2v) is 41.0. The van der Waals surface area contributed by atoms with Crippen molar-refractivity contribution in [2.45, 2.75) is 128 Å². The van der Waals surface area contributed by atoms with E-state index in [0.717, 1.165) is 173 Å². The number of hydrogen-bond donors (Lipinski definition) is 8. The SMILES string of the molecule is C.C=C1CSc2cc(CC(=N)c3cccs3)ccc2N1CCN(C)C.CCNCCN1CCSc2cc(CC(=N)c3cccs3)ccc21.N=C(Cc1ccc2c(c1)SCCN2C1CCCC1)c1cccs1.NC(=Nc1cc2c(cc1F)SCCN2C1CCNCC1)c1cccs1.NC(=Nc1ccc2c(c1)N(C1CCNCC1)CCS2)c1cccs1. The van der Waals surface area contributed by atoms with Crippen LogP contribution in [0.4, 0.5) is 44.2 Å². The molecule has 0 radical (unpaired) electrons. The molecule has 12 heterocycles. The number of fused-ring (bicyclic) bond motifs is 5. The van der Waals surface area contributed by atoms with E-state index >= 15 is 0 Å². The Hall–Kier alpha value is -7.19. The van der Waals surface area contributed by atoms with E-state index in [1.807, 2.05) is 141 Å². The third kappa shape index (κ3) is 24.4. The molecule has 0 bridgehead atoms. The zero-order valence-electron chi connectivity index (χ0n) is 68.4. The van der Waals surface area contributed by atoms with E-state index in [0.29, 0.717) is 53.7 Å². The number of nitrogens with zero attached hydrogens (tertiary/aromatic N) is 8. The van der Waals surface area contributed by atoms with Gasteiger partial charge in [0, 0.05) is 163 Å². The molecule has 1 saturated carbocycles. The molecule has 27 heteroatoms. The number of thiophene rings is 5. The molecule has 2 saturated heterocycles. The van der Waals surface area contributed by atoms with Crippen LogP contribution in [0.3, 0.4) is 0 Å². The molecule has 16 nitrogen and oxygen atoms in total. The van der Waals surface area contributed by atoms with Crippen molar-refractivity contribution in [1.29, 1.82) is 16.2 Å². The van der Waals surface area contributed by atoms with Crippen molar-refractivity contribution < 1.29 is 4.39 Å². The van der Waals surface area contributed by atoms with Gasteiger partial charge in [0.15, 0.2) is 0 Å². The Labute approximate surface area is 752 Å². The fourth-order valence-corrected chi connectivity index (χ4v) is 24.6. The van der Waals surface area contributed by atoms with Crippen LogP contribution >= 0.6 is 115 Å². The first-order valence-electron chi connectivity index (χ1n) is 41.5. The summed E-state index contributed by atoms with van der Waals surface area (Å²) < 4.78 is 14.5. The summed E-state index contributed by atoms with van der Waals surface area (Å²) in [5.41, 5.74) is 27.0. The molecule has 10 N–H and O–H groups in total. The number of anilines is 5. The normalized spacial score (nSPS) is 16.8. The van der Waals surface area contributed by atoms with Crippen molar-refractivity contribution in [3.63, 3.8) is 0 Å². The number of rotatable bonds is 23. The lowest BCUT2D eigenvalue weighted by molar-refractivity contribution is 0.416. The van der Waals surface area contributed by atoms with E-state index < -0.39 is 0 Å². The number of hydrogen-bond acceptors (Lipinski definition) is 24. The third-order valence-corrected chi connectivity index (χ3v) is 32.1. The van der Waals surface area contributed by atoms with Crippen LogP contribution in [0.5, 0.6) is 0 Å². The highest BCUT2D eigenvalue weighted by Crippen LogP contribution is 2.45. The lowest BCUT2D eigenvalue weighted by atomic mass is 10.0. The maximum absolute atomic E-state index is 14.5. The van der Waals surface area contributed by atoms with Gasteiger partial charge in [0.2, 0.25) is 0 Å². The average molecular weight is 1800 g/mol. The van der Waals surface area contributed by atoms with Gasteiger partial charge in [0.1, 0.15) is 23.2 Å². The van der Waals surface area contributed by atoms with Gasteiger partial charge in [-0.3, -0.25) is 0 Å². The molecule has 8 aliphatic rings. The van der Waals surface area contributed by atoms with Crippen LogP contribution in [0.15, 0.2) is 219 Å². The predicted molar refractivity (Wildman–Crippen MR) is 528 cm³/mol. The summed E-state index contributed by atoms with van der Waals surface area (Å²) in [7, 11) is 4.20. The Morgan fingerprint density at radius 3 is 1.43 bits per heavy atom. The van der Waals surface area contributed by atoms with Gasteiger partial charge in [-0.25, -0.2) is 14.4 Å². The van der Waals surface area contributed by atoms with E-state index in [2.05, 4.69) is 156 Å². The van der Waals surface area contributed by atoms with Crippen LogP contribution in [0.1, 0.15) is 107 Å². The van der Waals surface area contributed by atoms with Gasteiger partial charge in [0.05, 0.1) is 61.0 Å². The fourth-order valence-electron chi connectivity index (χ4n) is 16.1. The zero-order valence-corrected chi connectivity index (χ0v) is 76.5. The minimum Gasteiger partial charge on any atom is -0.383 e. The Bertz CT molecular complexity index is 5010. The van der Waals surface area contributed by atoms with Crippen LogP contribution < -0.4 is 51.9 Å². The lowest BCUT2D eigenvalue weighted by Crippen LogP contribution is -2.45. The molecule has 18 rings (SSSR count). The first-order valence-corrected chi connectivity index (χ1v) is 50.9. The van der Waals surface area contributed by atoms with Crippen molar-refractivity contribution in [1.82, 2.24) is 20.9 Å². The Kier molecular flexibility index (Phi) is 34.3. The number of amidine groups is 2. The van der Waals surface area contributed by atoms with Crippen molar-refractivity contribution in [2.24, 2.45) is 21.5 Å². The van der Waals surface area contributed by atoms with E-state index in [-0.39, 0.29) is 13.2 Å². The molecule has 0 atom stereocenters. The standard InChI is InChI=1S/C19H23N3S2.C19H22N2S2.C18H21FN4S2.C18H22N4S2.C18H23N3S2.CH4/c1-14-13-24-19-12-15(11-16(20)18-5-4-10-23-18)6-7-17(19)22(14)9-8-21(2)3;20-16(18-6-3-10-22-18)12-14-7-8-17-19(13-14)23-11-9-21(17)15-4-1-2-5-15;19-13-10-17-15(11-14(13)22-18(20)16-2-1-8-24-16)23(7-9-25-17)12-3-5-21-6-4-12;19-18(17-2-1-10-23-17)21-13-3-4-16-15(12-13)22(9-11-24-16)14-5-7-20-8-6-14;1-2-20-7-8-21-9-11-23-18-13-14(5-6-16(18)21)12-15(19)17-4-3-10-22-17;/h4-7,10,12,20H,1,8-9,11,13H2,2-3H3;3,6-8,10,13,15,20H,1-2,4-5,9,11-12H2;1-2,8,10-12,21H,3-7,9H2,(H2,20,22);1-4,10,12,14,20H,5-9,11H2,(H2,19,21);3-6,10,13,19-20H,2,7-9,11-12H2,1H3;1H4. The number of nitrogens with two attached hydrogens (primary N) is 2. The molecular weight excluding hydrogens is 1680 g/mol. The first kappa shape index (κ1) is 90.5. The Balaban J connectivity index is 0.000000129. The molecule has 5 aromatic carbocycles. The topological polar surface area (TPSA) is 204 Å². The van der Waals surface area contributed by atoms with Gasteiger partial charge >= 0.3 is 0 Å². The molecule has 120 heavy (non-hydrogen) atoms. The monoisotopic (exact) mass is 1790 g/mol. The molecule has 1 aliphatic carbocycles. The van der Waals surface area contributed by atoms with Crippen molar-refractivity contribution in [2.75, 3.05) is 152 Å². The van der Waals surface area contributed by atoms with Crippen LogP contribution in [-0.4, -0.2) is 180 Å². The van der Waals surface area contributed by atoms with E-state index in [1.54, 1.807) is 63.2 Å². The van der Waals surface area contributed by atoms with Crippen LogP contribution in [-0.2, 0) is 19.3 Å². The second-order valence-electron chi connectivity index (χ2n) is 30.7. The van der Waals surface area contributed by atoms with E-state index in [1.165, 1.54) is 127 Å². The third-order valence-electron chi connectivity index (χ3n) is 22.2. The lowest BCUT2D eigenvalue weighted by Gasteiger charge is -2.39. The molecule has 5 aromatic heterocycles. The van der Waals surface area contributed by atoms with Crippen molar-refractivity contribution >= 4 is 184 Å². The summed E-state index contributed by atoms with van der Waals surface area (Å²) in [5, 5.41) is 45.2. The molecule has 10 aromatic rings. The van der Waals surface area contributed by atoms with E-state index in [9.17, 15) is 4.39 Å². The number of halogens is 1. The molecule has 0 unspecified atom stereocenters. The minimum atomic E-state index is -0.307. The minimum absolute atomic E-state index is 0. The largest absolute Gasteiger partial charge is 0.383 e. The molecule has 0 amide bonds. The van der Waals surface area contributed by atoms with Gasteiger partial charge in [-0.05, 0) is 226 Å². The summed E-state index contributed by atoms with van der Waals surface area (Å²) in [6.45, 7) is 20.2. The number of thioether (sulfide) groups is 5. The van der Waals surface area contributed by atoms with E-state index in [4.69, 9.17) is 27.7 Å². The van der Waals surface area contributed by atoms with Crippen molar-refractivity contribution in [3.05, 3.63) is 232 Å². The van der Waals surface area contributed by atoms with Gasteiger partial charge in [-0.2, -0.15) is 0 Å². The highest BCUT2D eigenvalue weighted by Gasteiger charge is 2.32. The summed E-state index contributed by atoms with van der Waals surface area (Å²) in [5.74, 6) is 6.09. The summed E-state index contributed by atoms with van der Waals surface area (Å²) >= 11 is 17.5. The average Bonchev–Trinajstić information content (AvgIpc) is 1.52. The smallest absolute Gasteiger partial charge is 0.150 e. The molecule has 3 fully saturated rings. The number of nitrogens with one attached hydrogen (secondary N) is 6. The molecule has 634 valence electrons. The van der Waals surface area contributed by atoms with Crippen molar-refractivity contribution in [3.8, 4) is 0 Å². The number of piperidine rings is 2. The number of benzene rings is 5. The number of likely N-dealkylation sites (N-methyl/N-ethyl adjacent to an activating group) is 2. The van der Waals surface area contributed by atoms with Crippen LogP contribution in [0, 0.1) is 22.0 Å². The second kappa shape index (κ2) is 45.4. The van der Waals surface area contributed by atoms with Gasteiger partial charge in [-0.1, -0.05) is 82.3 Å². The van der Waals surface area contributed by atoms with Gasteiger partial charge < -0.3 is 73.0 Å². The predicted octanol–water partition coefficient (Wildman–Crippen LogP) is 21.1. The quantitative estimate of drug-likeness (QED) is 0.0170. The molecular formula is C93H115FN16S10. The summed E-state index contributed by atoms with van der Waals surface area (Å²) in [6, 6.07) is 52.0. The maximum Gasteiger partial charge on any atom is 0.150 e. The first-order chi connectivity index (χ1) is 58.2. The molecule has 7 aliphatic heterocycles. The number of aliphatic imine (C=N–C) groups is 2. The van der Waals surface area contributed by atoms with Gasteiger partial charge in [0.25, 0.3) is 0 Å². The Morgan fingerprint density at radius 2 is 0.925 bits per heavy atom. The van der Waals surface area contributed by atoms with Crippen LogP contribution in [0.2, 0.25) is 0 Å². The van der Waals surface area contributed by atoms with Crippen LogP contribution in [0.25, 0.3) is 0 Å². The van der Waals surface area contributed by atoms with Gasteiger partial charge in [-0.15, -0.1) is 115 Å². The fraction of sp³-hybridized carbons (Fsp3) is 0.387. The highest BCUT2D eigenvalue weighted by atomic mass is 32.2. The summed E-state index contributed by atoms with van der Waals surface area (Å²) in [6.07, 6.45) is 12.3. The maximum atomic E-state index is 14.5. The Morgan fingerprint density at radius 1 is 0.492 bits per heavy atom. The summed E-state index contributed by atoms with van der Waals surface area (Å²) in [4.78, 5) is 35.3.